The van der Waals surface area contributed by atoms with Gasteiger partial charge in [-0.1, -0.05) is 12.5 Å². The van der Waals surface area contributed by atoms with E-state index in [0.717, 1.165) is 30.5 Å². The first-order valence-electron chi connectivity index (χ1n) is 9.33. The van der Waals surface area contributed by atoms with Gasteiger partial charge >= 0.3 is 0 Å². The Morgan fingerprint density at radius 1 is 1.20 bits per heavy atom. The second-order valence-corrected chi connectivity index (χ2v) is 6.93. The second-order valence-electron chi connectivity index (χ2n) is 6.93. The maximum atomic E-state index is 4.48. The lowest BCUT2D eigenvalue weighted by Gasteiger charge is -2.32. The Morgan fingerprint density at radius 3 is 2.92 bits per heavy atom. The van der Waals surface area contributed by atoms with Crippen LogP contribution in [0, 0.1) is 0 Å². The molecule has 1 atom stereocenters. The van der Waals surface area contributed by atoms with Gasteiger partial charge in [0, 0.05) is 32.4 Å². The quantitative estimate of drug-likeness (QED) is 0.675. The highest BCUT2D eigenvalue weighted by molar-refractivity contribution is 5.80. The molecule has 0 bridgehead atoms. The molecule has 25 heavy (non-hydrogen) atoms. The molecular formula is C18H27N7. The van der Waals surface area contributed by atoms with Crippen LogP contribution in [0.25, 0.3) is 5.65 Å². The molecule has 2 aromatic rings. The average molecular weight is 341 g/mol. The summed E-state index contributed by atoms with van der Waals surface area (Å²) in [6, 6.07) is 6.62. The average Bonchev–Trinajstić information content (AvgIpc) is 3.31. The van der Waals surface area contributed by atoms with Gasteiger partial charge in [0.25, 0.3) is 0 Å². The highest BCUT2D eigenvalue weighted by atomic mass is 15.3. The monoisotopic (exact) mass is 341 g/mol. The van der Waals surface area contributed by atoms with E-state index >= 15 is 0 Å². The number of aromatic nitrogens is 3. The molecule has 0 amide bonds. The Morgan fingerprint density at radius 2 is 2.08 bits per heavy atom. The van der Waals surface area contributed by atoms with E-state index in [0.29, 0.717) is 12.6 Å². The van der Waals surface area contributed by atoms with Crippen molar-refractivity contribution >= 4 is 11.6 Å². The highest BCUT2D eigenvalue weighted by Crippen LogP contribution is 2.20. The van der Waals surface area contributed by atoms with E-state index in [1.807, 2.05) is 35.8 Å². The van der Waals surface area contributed by atoms with Crippen molar-refractivity contribution in [3.8, 4) is 0 Å². The number of nitrogens with one attached hydrogen (secondary N) is 1. The van der Waals surface area contributed by atoms with E-state index in [1.165, 1.54) is 38.8 Å². The van der Waals surface area contributed by atoms with Gasteiger partial charge in [0.05, 0.1) is 6.54 Å². The smallest absolute Gasteiger partial charge is 0.194 e. The van der Waals surface area contributed by atoms with Crippen LogP contribution in [0.4, 0.5) is 0 Å². The van der Waals surface area contributed by atoms with Crippen LogP contribution in [-0.4, -0.2) is 69.6 Å². The number of fused-ring (bicyclic) bond motifs is 1. The number of piperidine rings is 1. The summed E-state index contributed by atoms with van der Waals surface area (Å²) >= 11 is 0. The molecule has 7 heteroatoms. The molecule has 0 radical (unpaired) electrons. The van der Waals surface area contributed by atoms with Gasteiger partial charge in [-0.2, -0.15) is 0 Å². The fourth-order valence-corrected chi connectivity index (χ4v) is 4.02. The van der Waals surface area contributed by atoms with Crippen LogP contribution in [0.15, 0.2) is 29.4 Å². The Labute approximate surface area is 148 Å². The third-order valence-corrected chi connectivity index (χ3v) is 5.37. The van der Waals surface area contributed by atoms with Crippen LogP contribution in [0.5, 0.6) is 0 Å². The zero-order valence-electron chi connectivity index (χ0n) is 14.9. The van der Waals surface area contributed by atoms with E-state index in [9.17, 15) is 0 Å². The first-order chi connectivity index (χ1) is 12.3. The Kier molecular flexibility index (Phi) is 4.83. The van der Waals surface area contributed by atoms with Crippen molar-refractivity contribution in [1.29, 1.82) is 0 Å². The third-order valence-electron chi connectivity index (χ3n) is 5.37. The van der Waals surface area contributed by atoms with Crippen LogP contribution < -0.4 is 5.32 Å². The lowest BCUT2D eigenvalue weighted by atomic mass is 10.1. The van der Waals surface area contributed by atoms with E-state index < -0.39 is 0 Å². The van der Waals surface area contributed by atoms with Gasteiger partial charge in [-0.15, -0.1) is 10.2 Å². The minimum absolute atomic E-state index is 0.628. The summed E-state index contributed by atoms with van der Waals surface area (Å²) in [6.07, 6.45) is 7.32. The molecule has 4 rings (SSSR count). The molecular weight excluding hydrogens is 314 g/mol. The van der Waals surface area contributed by atoms with Crippen LogP contribution in [0.1, 0.15) is 31.5 Å². The number of hydrogen-bond acceptors (Lipinski definition) is 4. The third kappa shape index (κ3) is 3.46. The first kappa shape index (κ1) is 16.3. The summed E-state index contributed by atoms with van der Waals surface area (Å²) in [7, 11) is 1.86. The Hall–Kier alpha value is -2.15. The predicted molar refractivity (Wildman–Crippen MR) is 98.6 cm³/mol. The molecule has 0 saturated carbocycles. The molecule has 0 spiro atoms. The topological polar surface area (TPSA) is 61.1 Å². The molecule has 7 nitrogen and oxygen atoms in total. The van der Waals surface area contributed by atoms with Gasteiger partial charge in [-0.3, -0.25) is 14.3 Å². The lowest BCUT2D eigenvalue weighted by Crippen LogP contribution is -2.44. The molecule has 2 saturated heterocycles. The van der Waals surface area contributed by atoms with Crippen LogP contribution in [0.3, 0.4) is 0 Å². The number of rotatable bonds is 3. The number of guanidine groups is 1. The summed E-state index contributed by atoms with van der Waals surface area (Å²) in [5.74, 6) is 1.87. The SMILES string of the molecule is CN=C(NCc1nnc2ccccn12)N1CCC(N2CCCCC2)C1. The van der Waals surface area contributed by atoms with Crippen molar-refractivity contribution in [2.75, 3.05) is 33.2 Å². The minimum atomic E-state index is 0.628. The second kappa shape index (κ2) is 7.39. The molecule has 1 unspecified atom stereocenters. The standard InChI is InChI=1S/C18H27N7/c1-19-18(20-13-17-22-21-16-7-3-6-11-25(16)17)24-12-8-15(14-24)23-9-4-2-5-10-23/h3,6-7,11,15H,2,4-5,8-10,12-14H2,1H3,(H,19,20). The van der Waals surface area contributed by atoms with E-state index in [-0.39, 0.29) is 0 Å². The van der Waals surface area contributed by atoms with Crippen molar-refractivity contribution in [2.45, 2.75) is 38.3 Å². The molecule has 1 N–H and O–H groups in total. The van der Waals surface area contributed by atoms with Crippen LogP contribution in [0.2, 0.25) is 0 Å². The molecule has 134 valence electrons. The zero-order valence-corrected chi connectivity index (χ0v) is 14.9. The van der Waals surface area contributed by atoms with Crippen molar-refractivity contribution in [1.82, 2.24) is 29.7 Å². The molecule has 0 aliphatic carbocycles. The normalized spacial score (nSPS) is 22.7. The summed E-state index contributed by atoms with van der Waals surface area (Å²) in [4.78, 5) is 9.53. The van der Waals surface area contributed by atoms with Gasteiger partial charge in [0.1, 0.15) is 0 Å². The summed E-state index contributed by atoms with van der Waals surface area (Å²) in [5, 5.41) is 12.0. The zero-order chi connectivity index (χ0) is 17.1. The lowest BCUT2D eigenvalue weighted by molar-refractivity contribution is 0.168. The molecule has 2 aliphatic rings. The fourth-order valence-electron chi connectivity index (χ4n) is 4.02. The predicted octanol–water partition coefficient (Wildman–Crippen LogP) is 1.36. The first-order valence-corrected chi connectivity index (χ1v) is 9.33. The van der Waals surface area contributed by atoms with Gasteiger partial charge in [0.2, 0.25) is 0 Å². The van der Waals surface area contributed by atoms with Gasteiger partial charge in [-0.25, -0.2) is 0 Å². The van der Waals surface area contributed by atoms with Crippen molar-refractivity contribution in [3.05, 3.63) is 30.2 Å². The number of likely N-dealkylation sites (tertiary alicyclic amines) is 2. The molecule has 0 aromatic carbocycles. The molecule has 2 fully saturated rings. The molecule has 4 heterocycles. The maximum Gasteiger partial charge on any atom is 0.194 e. The summed E-state index contributed by atoms with van der Waals surface area (Å²) < 4.78 is 2.01. The maximum absolute atomic E-state index is 4.48. The number of pyridine rings is 1. The number of nitrogens with zero attached hydrogens (tertiary/aromatic N) is 6. The fraction of sp³-hybridized carbons (Fsp3) is 0.611. The Balaban J connectivity index is 1.36. The van der Waals surface area contributed by atoms with Crippen molar-refractivity contribution in [2.24, 2.45) is 4.99 Å². The highest BCUT2D eigenvalue weighted by Gasteiger charge is 2.30. The molecule has 2 aromatic heterocycles. The van der Waals surface area contributed by atoms with E-state index in [4.69, 9.17) is 0 Å². The Bertz CT molecular complexity index is 732. The van der Waals surface area contributed by atoms with E-state index in [1.54, 1.807) is 0 Å². The molecule has 2 aliphatic heterocycles. The van der Waals surface area contributed by atoms with Gasteiger partial charge in [-0.05, 0) is 44.5 Å². The van der Waals surface area contributed by atoms with Gasteiger partial charge in [0.15, 0.2) is 17.4 Å². The largest absolute Gasteiger partial charge is 0.349 e. The van der Waals surface area contributed by atoms with Crippen molar-refractivity contribution < 1.29 is 0 Å². The van der Waals surface area contributed by atoms with Crippen LogP contribution in [-0.2, 0) is 6.54 Å². The summed E-state index contributed by atoms with van der Waals surface area (Å²) in [6.45, 7) is 5.29. The van der Waals surface area contributed by atoms with Gasteiger partial charge < -0.3 is 10.2 Å². The number of hydrogen-bond donors (Lipinski definition) is 1. The summed E-state index contributed by atoms with van der Waals surface area (Å²) in [5.41, 5.74) is 0.876. The minimum Gasteiger partial charge on any atom is -0.349 e. The van der Waals surface area contributed by atoms with Crippen molar-refractivity contribution in [3.63, 3.8) is 0 Å². The van der Waals surface area contributed by atoms with Crippen LogP contribution >= 0.6 is 0 Å². The number of aliphatic imine (C=N–C) groups is 1. The van der Waals surface area contributed by atoms with E-state index in [2.05, 4.69) is 30.3 Å².